The van der Waals surface area contributed by atoms with E-state index in [2.05, 4.69) is 11.4 Å². The zero-order valence-corrected chi connectivity index (χ0v) is 19.5. The molecule has 2 aliphatic heterocycles. The quantitative estimate of drug-likeness (QED) is 0.600. The van der Waals surface area contributed by atoms with E-state index in [-0.39, 0.29) is 29.5 Å². The van der Waals surface area contributed by atoms with Crippen molar-refractivity contribution in [3.63, 3.8) is 0 Å². The molecule has 2 aromatic heterocycles. The first-order valence-electron chi connectivity index (χ1n) is 11.6. The van der Waals surface area contributed by atoms with Gasteiger partial charge >= 0.3 is 0 Å². The Morgan fingerprint density at radius 1 is 1.09 bits per heavy atom. The van der Waals surface area contributed by atoms with E-state index in [1.54, 1.807) is 32.0 Å². The summed E-state index contributed by atoms with van der Waals surface area (Å²) in [5, 5.41) is 2.81. The van der Waals surface area contributed by atoms with Crippen LogP contribution in [0.3, 0.4) is 0 Å². The first-order chi connectivity index (χ1) is 16.4. The highest BCUT2D eigenvalue weighted by Gasteiger charge is 2.44. The molecule has 2 amide bonds. The number of piperidine rings is 1. The Morgan fingerprint density at radius 3 is 2.59 bits per heavy atom. The zero-order chi connectivity index (χ0) is 23.9. The number of carbonyl (C=O) groups is 2. The molecule has 0 unspecified atom stereocenters. The number of fused-ring (bicyclic) bond motifs is 2. The van der Waals surface area contributed by atoms with Gasteiger partial charge in [-0.3, -0.25) is 9.59 Å². The van der Waals surface area contributed by atoms with Crippen LogP contribution in [0.5, 0.6) is 5.75 Å². The van der Waals surface area contributed by atoms with Crippen molar-refractivity contribution >= 4 is 11.8 Å². The van der Waals surface area contributed by atoms with E-state index in [0.717, 1.165) is 24.2 Å². The summed E-state index contributed by atoms with van der Waals surface area (Å²) in [4.78, 5) is 27.3. The van der Waals surface area contributed by atoms with Gasteiger partial charge in [0.25, 0.3) is 11.8 Å². The lowest BCUT2D eigenvalue weighted by Gasteiger charge is -2.38. The maximum absolute atomic E-state index is 13.1. The minimum Gasteiger partial charge on any atom is -0.492 e. The van der Waals surface area contributed by atoms with Crippen LogP contribution in [0, 0.1) is 13.8 Å². The zero-order valence-electron chi connectivity index (χ0n) is 19.5. The molecule has 0 aliphatic carbocycles. The van der Waals surface area contributed by atoms with Crippen LogP contribution in [-0.4, -0.2) is 36.4 Å². The van der Waals surface area contributed by atoms with Crippen LogP contribution in [0.4, 0.5) is 0 Å². The first kappa shape index (κ1) is 22.3. The Labute approximate surface area is 198 Å². The molecule has 4 heterocycles. The smallest absolute Gasteiger partial charge is 0.289 e. The second kappa shape index (κ2) is 8.68. The molecule has 0 radical (unpaired) electrons. The minimum atomic E-state index is -0.239. The topological polar surface area (TPSA) is 111 Å². The van der Waals surface area contributed by atoms with Crippen LogP contribution in [0.2, 0.25) is 0 Å². The van der Waals surface area contributed by atoms with Crippen molar-refractivity contribution in [3.05, 3.63) is 76.1 Å². The van der Waals surface area contributed by atoms with Gasteiger partial charge in [0.15, 0.2) is 5.76 Å². The molecular formula is C26H29N3O5. The Kier molecular flexibility index (Phi) is 5.69. The molecule has 0 saturated carbocycles. The third kappa shape index (κ3) is 3.98. The number of carbonyl (C=O) groups excluding carboxylic acids is 2. The predicted molar refractivity (Wildman–Crippen MR) is 125 cm³/mol. The van der Waals surface area contributed by atoms with E-state index >= 15 is 0 Å². The Bertz CT molecular complexity index is 1230. The number of ether oxygens (including phenoxy) is 1. The van der Waals surface area contributed by atoms with E-state index in [1.807, 2.05) is 17.0 Å². The van der Waals surface area contributed by atoms with Gasteiger partial charge in [-0.2, -0.15) is 0 Å². The average molecular weight is 464 g/mol. The second-order valence-electron chi connectivity index (χ2n) is 9.17. The van der Waals surface area contributed by atoms with Crippen LogP contribution in [0.25, 0.3) is 0 Å². The summed E-state index contributed by atoms with van der Waals surface area (Å²) in [6, 6.07) is 11.3. The maximum atomic E-state index is 13.1. The summed E-state index contributed by atoms with van der Waals surface area (Å²) in [6.07, 6.45) is 1.65. The molecule has 0 atom stereocenters. The number of aryl methyl sites for hydroxylation is 2. The standard InChI is InChI=1S/C26H29N3O5/c1-16-11-20(17(2)33-16)24(30)28-14-19-4-6-23(34-19)25(31)29-9-7-26(8-10-29)15-32-22-5-3-18(13-27)12-21(22)26/h3-6,11-12H,7-10,13-15,27H2,1-2H3,(H,28,30). The van der Waals surface area contributed by atoms with Gasteiger partial charge < -0.3 is 29.5 Å². The summed E-state index contributed by atoms with van der Waals surface area (Å²) in [5.74, 6) is 2.61. The summed E-state index contributed by atoms with van der Waals surface area (Å²) in [5.41, 5.74) is 8.57. The number of nitrogens with one attached hydrogen (secondary N) is 1. The molecule has 178 valence electrons. The molecule has 8 nitrogen and oxygen atoms in total. The lowest BCUT2D eigenvalue weighted by atomic mass is 9.74. The summed E-state index contributed by atoms with van der Waals surface area (Å²) in [6.45, 7) is 6.13. The molecule has 1 saturated heterocycles. The molecule has 1 spiro atoms. The van der Waals surface area contributed by atoms with Gasteiger partial charge in [-0.15, -0.1) is 0 Å². The Balaban J connectivity index is 1.20. The summed E-state index contributed by atoms with van der Waals surface area (Å²) >= 11 is 0. The van der Waals surface area contributed by atoms with E-state index in [9.17, 15) is 9.59 Å². The number of rotatable bonds is 5. The summed E-state index contributed by atoms with van der Waals surface area (Å²) < 4.78 is 17.1. The maximum Gasteiger partial charge on any atom is 0.289 e. The van der Waals surface area contributed by atoms with Gasteiger partial charge in [0, 0.05) is 30.6 Å². The molecular weight excluding hydrogens is 434 g/mol. The second-order valence-corrected chi connectivity index (χ2v) is 9.17. The predicted octanol–water partition coefficient (Wildman–Crippen LogP) is 3.44. The number of nitrogens with zero attached hydrogens (tertiary/aromatic N) is 1. The molecule has 3 aromatic rings. The summed E-state index contributed by atoms with van der Waals surface area (Å²) in [7, 11) is 0. The lowest BCUT2D eigenvalue weighted by Crippen LogP contribution is -2.46. The van der Waals surface area contributed by atoms with Crippen LogP contribution >= 0.6 is 0 Å². The number of benzene rings is 1. The Hall–Kier alpha value is -3.52. The van der Waals surface area contributed by atoms with Gasteiger partial charge in [-0.1, -0.05) is 12.1 Å². The number of furan rings is 2. The number of hydrogen-bond acceptors (Lipinski definition) is 6. The third-order valence-corrected chi connectivity index (χ3v) is 6.94. The normalized spacial score (nSPS) is 16.4. The number of likely N-dealkylation sites (tertiary alicyclic amines) is 1. The molecule has 3 N–H and O–H groups in total. The fourth-order valence-electron chi connectivity index (χ4n) is 4.95. The molecule has 5 rings (SSSR count). The fourth-order valence-corrected chi connectivity index (χ4v) is 4.95. The van der Waals surface area contributed by atoms with Gasteiger partial charge in [0.1, 0.15) is 23.0 Å². The monoisotopic (exact) mass is 463 g/mol. The molecule has 0 bridgehead atoms. The molecule has 1 aromatic carbocycles. The van der Waals surface area contributed by atoms with Crippen molar-refractivity contribution in [2.24, 2.45) is 5.73 Å². The number of amides is 2. The van der Waals surface area contributed by atoms with E-state index < -0.39 is 0 Å². The van der Waals surface area contributed by atoms with E-state index in [4.69, 9.17) is 19.3 Å². The number of hydrogen-bond donors (Lipinski definition) is 2. The largest absolute Gasteiger partial charge is 0.492 e. The molecule has 8 heteroatoms. The molecule has 34 heavy (non-hydrogen) atoms. The minimum absolute atomic E-state index is 0.0700. The van der Waals surface area contributed by atoms with Crippen molar-refractivity contribution < 1.29 is 23.2 Å². The fraction of sp³-hybridized carbons (Fsp3) is 0.385. The average Bonchev–Trinajstić information content (AvgIpc) is 3.55. The van der Waals surface area contributed by atoms with Crippen LogP contribution in [-0.2, 0) is 18.5 Å². The van der Waals surface area contributed by atoms with Crippen molar-refractivity contribution in [2.45, 2.75) is 45.2 Å². The van der Waals surface area contributed by atoms with Gasteiger partial charge in [-0.25, -0.2) is 0 Å². The van der Waals surface area contributed by atoms with Crippen molar-refractivity contribution in [1.29, 1.82) is 0 Å². The van der Waals surface area contributed by atoms with Crippen molar-refractivity contribution in [2.75, 3.05) is 19.7 Å². The van der Waals surface area contributed by atoms with E-state index in [0.29, 0.717) is 49.1 Å². The SMILES string of the molecule is Cc1cc(C(=O)NCc2ccc(C(=O)N3CCC4(CC3)COc3ccc(CN)cc34)o2)c(C)o1. The highest BCUT2D eigenvalue weighted by Crippen LogP contribution is 2.46. The molecule has 2 aliphatic rings. The number of nitrogens with two attached hydrogens (primary N) is 1. The van der Waals surface area contributed by atoms with Gasteiger partial charge in [0.2, 0.25) is 0 Å². The van der Waals surface area contributed by atoms with Crippen LogP contribution in [0.1, 0.15) is 62.2 Å². The first-order valence-corrected chi connectivity index (χ1v) is 11.6. The van der Waals surface area contributed by atoms with Crippen molar-refractivity contribution in [3.8, 4) is 5.75 Å². The third-order valence-electron chi connectivity index (χ3n) is 6.94. The van der Waals surface area contributed by atoms with Crippen molar-refractivity contribution in [1.82, 2.24) is 10.2 Å². The highest BCUT2D eigenvalue weighted by molar-refractivity contribution is 5.95. The van der Waals surface area contributed by atoms with Gasteiger partial charge in [-0.05, 0) is 56.5 Å². The van der Waals surface area contributed by atoms with Crippen LogP contribution < -0.4 is 15.8 Å². The van der Waals surface area contributed by atoms with E-state index in [1.165, 1.54) is 5.56 Å². The highest BCUT2D eigenvalue weighted by atomic mass is 16.5. The van der Waals surface area contributed by atoms with Crippen LogP contribution in [0.15, 0.2) is 45.2 Å². The molecule has 1 fully saturated rings. The lowest BCUT2D eigenvalue weighted by molar-refractivity contribution is 0.0613. The Morgan fingerprint density at radius 2 is 1.88 bits per heavy atom. The van der Waals surface area contributed by atoms with Gasteiger partial charge in [0.05, 0.1) is 18.7 Å².